The van der Waals surface area contributed by atoms with Crippen molar-refractivity contribution in [2.75, 3.05) is 6.73 Å². The van der Waals surface area contributed by atoms with E-state index < -0.39 is 6.10 Å². The van der Waals surface area contributed by atoms with E-state index in [2.05, 4.69) is 12.1 Å². The lowest BCUT2D eigenvalue weighted by Crippen LogP contribution is -2.28. The molecule has 0 aliphatic heterocycles. The molecule has 0 amide bonds. The molecule has 3 atom stereocenters. The van der Waals surface area contributed by atoms with Gasteiger partial charge in [0.2, 0.25) is 5.75 Å². The summed E-state index contributed by atoms with van der Waals surface area (Å²) in [6.45, 7) is -0.00570. The van der Waals surface area contributed by atoms with Gasteiger partial charge in [0.1, 0.15) is 24.9 Å². The number of rotatable bonds is 14. The van der Waals surface area contributed by atoms with Crippen LogP contribution in [0.4, 0.5) is 0 Å². The number of hydrogen-bond donors (Lipinski definition) is 6. The van der Waals surface area contributed by atoms with E-state index in [0.717, 1.165) is 35.1 Å². The number of benzene rings is 4. The van der Waals surface area contributed by atoms with Crippen LogP contribution in [0, 0.1) is 5.92 Å². The number of nitrogens with two attached hydrogens (primary N) is 1. The summed E-state index contributed by atoms with van der Waals surface area (Å²) in [7, 11) is 0. The van der Waals surface area contributed by atoms with E-state index in [9.17, 15) is 30.3 Å². The Morgan fingerprint density at radius 2 is 1.65 bits per heavy atom. The molecule has 9 nitrogen and oxygen atoms in total. The highest BCUT2D eigenvalue weighted by Gasteiger charge is 2.35. The monoisotopic (exact) mass is 627 g/mol. The van der Waals surface area contributed by atoms with Crippen molar-refractivity contribution in [3.63, 3.8) is 0 Å². The molecule has 9 heteroatoms. The van der Waals surface area contributed by atoms with Crippen molar-refractivity contribution in [1.29, 1.82) is 0 Å². The molecule has 0 spiro atoms. The number of ether oxygens (including phenoxy) is 2. The number of aryl methyl sites for hydroxylation is 1. The van der Waals surface area contributed by atoms with Crippen LogP contribution in [0.25, 0.3) is 0 Å². The summed E-state index contributed by atoms with van der Waals surface area (Å²) in [6, 6.07) is 23.2. The van der Waals surface area contributed by atoms with E-state index in [1.807, 2.05) is 18.2 Å². The van der Waals surface area contributed by atoms with Gasteiger partial charge < -0.3 is 35.0 Å². The van der Waals surface area contributed by atoms with Gasteiger partial charge in [-0.2, -0.15) is 0 Å². The minimum atomic E-state index is -0.926. The third-order valence-corrected chi connectivity index (χ3v) is 8.69. The van der Waals surface area contributed by atoms with Crippen LogP contribution in [0.5, 0.6) is 34.5 Å². The normalized spacial score (nSPS) is 16.4. The average Bonchev–Trinajstić information content (AvgIpc) is 3.03. The highest BCUT2D eigenvalue weighted by Crippen LogP contribution is 2.50. The number of aliphatic hydroxyl groups is 1. The van der Waals surface area contributed by atoms with Gasteiger partial charge in [-0.1, -0.05) is 48.5 Å². The molecular weight excluding hydrogens is 586 g/mol. The predicted octanol–water partition coefficient (Wildman–Crippen LogP) is 5.61. The number of aromatic hydroxyl groups is 4. The maximum absolute atomic E-state index is 13.0. The molecule has 7 N–H and O–H groups in total. The smallest absolute Gasteiger partial charge is 0.200 e. The topological polar surface area (TPSA) is 163 Å². The van der Waals surface area contributed by atoms with Gasteiger partial charge in [0, 0.05) is 18.4 Å². The molecule has 0 saturated carbocycles. The highest BCUT2D eigenvalue weighted by atomic mass is 16.5. The zero-order valence-electron chi connectivity index (χ0n) is 25.6. The summed E-state index contributed by atoms with van der Waals surface area (Å²) in [6.07, 6.45) is 2.08. The third kappa shape index (κ3) is 8.10. The van der Waals surface area contributed by atoms with Gasteiger partial charge in [0.05, 0.1) is 6.10 Å². The standard InChI is InChI=1S/C37H41NO8/c38-22-46-35-17-24(10-14-33(35)42)9-12-28(40)18-29(41)19-31-26(15-23-5-2-1-3-6-23)11-13-30-32(31)20-34(43)36(44)37(30)45-21-25-7-4-8-27(39)16-25/h1-8,10,14,16-17,20,26,29,31,39,41-44H,9,11-13,15,18-19,21-22,38H2. The summed E-state index contributed by atoms with van der Waals surface area (Å²) >= 11 is 0. The molecule has 4 aromatic rings. The lowest BCUT2D eigenvalue weighted by atomic mass is 9.70. The minimum absolute atomic E-state index is 0.0268. The van der Waals surface area contributed by atoms with E-state index in [1.54, 1.807) is 42.5 Å². The number of ketones is 1. The first-order chi connectivity index (χ1) is 22.2. The first-order valence-corrected chi connectivity index (χ1v) is 15.6. The largest absolute Gasteiger partial charge is 0.508 e. The number of aliphatic hydroxyl groups excluding tert-OH is 1. The number of carbonyl (C=O) groups is 1. The van der Waals surface area contributed by atoms with Gasteiger partial charge in [-0.25, -0.2) is 0 Å². The second-order valence-corrected chi connectivity index (χ2v) is 11.9. The van der Waals surface area contributed by atoms with Crippen molar-refractivity contribution < 1.29 is 39.8 Å². The van der Waals surface area contributed by atoms with Crippen molar-refractivity contribution in [3.05, 3.63) is 107 Å². The maximum Gasteiger partial charge on any atom is 0.200 e. The fraction of sp³-hybridized carbons (Fsp3) is 0.324. The van der Waals surface area contributed by atoms with Crippen LogP contribution in [0.3, 0.4) is 0 Å². The molecule has 0 heterocycles. The molecule has 3 unspecified atom stereocenters. The van der Waals surface area contributed by atoms with E-state index >= 15 is 0 Å². The highest BCUT2D eigenvalue weighted by molar-refractivity contribution is 5.79. The molecule has 4 aromatic carbocycles. The van der Waals surface area contributed by atoms with Gasteiger partial charge in [-0.15, -0.1) is 0 Å². The molecule has 0 fully saturated rings. The summed E-state index contributed by atoms with van der Waals surface area (Å²) in [5.41, 5.74) is 9.65. The Hall–Kier alpha value is -4.73. The molecule has 0 saturated heterocycles. The van der Waals surface area contributed by atoms with E-state index in [0.29, 0.717) is 24.8 Å². The Morgan fingerprint density at radius 1 is 0.870 bits per heavy atom. The van der Waals surface area contributed by atoms with Gasteiger partial charge in [0.25, 0.3) is 0 Å². The van der Waals surface area contributed by atoms with Crippen molar-refractivity contribution in [2.24, 2.45) is 11.7 Å². The summed E-state index contributed by atoms with van der Waals surface area (Å²) in [5, 5.41) is 52.7. The molecule has 5 rings (SSSR count). The fourth-order valence-corrected chi connectivity index (χ4v) is 6.45. The molecule has 46 heavy (non-hydrogen) atoms. The van der Waals surface area contributed by atoms with Crippen molar-refractivity contribution in [3.8, 4) is 34.5 Å². The minimum Gasteiger partial charge on any atom is -0.508 e. The van der Waals surface area contributed by atoms with Crippen molar-refractivity contribution in [2.45, 2.75) is 63.6 Å². The predicted molar refractivity (Wildman–Crippen MR) is 173 cm³/mol. The maximum atomic E-state index is 13.0. The Kier molecular flexibility index (Phi) is 10.7. The van der Waals surface area contributed by atoms with Crippen LogP contribution in [0.1, 0.15) is 59.4 Å². The van der Waals surface area contributed by atoms with Crippen LogP contribution in [-0.2, 0) is 30.7 Å². The number of carbonyl (C=O) groups excluding carboxylic acids is 1. The Labute approximate surface area is 268 Å². The lowest BCUT2D eigenvalue weighted by molar-refractivity contribution is -0.121. The number of hydrogen-bond acceptors (Lipinski definition) is 9. The van der Waals surface area contributed by atoms with Gasteiger partial charge >= 0.3 is 0 Å². The number of phenols is 4. The lowest BCUT2D eigenvalue weighted by Gasteiger charge is -2.36. The SMILES string of the molecule is NCOc1cc(CCC(=O)CC(O)CC2c3cc(O)c(O)c(OCc4cccc(O)c4)c3CCC2Cc2ccccc2)ccc1O. The molecule has 1 aliphatic rings. The Morgan fingerprint density at radius 3 is 2.41 bits per heavy atom. The van der Waals surface area contributed by atoms with Crippen LogP contribution in [0.15, 0.2) is 78.9 Å². The number of fused-ring (bicyclic) bond motifs is 1. The van der Waals surface area contributed by atoms with Crippen LogP contribution < -0.4 is 15.2 Å². The Bertz CT molecular complexity index is 1640. The summed E-state index contributed by atoms with van der Waals surface area (Å²) in [4.78, 5) is 13.0. The molecule has 242 valence electrons. The molecule has 0 bridgehead atoms. The van der Waals surface area contributed by atoms with Crippen LogP contribution >= 0.6 is 0 Å². The van der Waals surface area contributed by atoms with Crippen molar-refractivity contribution in [1.82, 2.24) is 0 Å². The third-order valence-electron chi connectivity index (χ3n) is 8.69. The van der Waals surface area contributed by atoms with Gasteiger partial charge in [0.15, 0.2) is 23.0 Å². The average molecular weight is 628 g/mol. The Balaban J connectivity index is 1.34. The molecule has 0 radical (unpaired) electrons. The fourth-order valence-electron chi connectivity index (χ4n) is 6.45. The van der Waals surface area contributed by atoms with E-state index in [4.69, 9.17) is 15.2 Å². The second kappa shape index (κ2) is 15.0. The van der Waals surface area contributed by atoms with Gasteiger partial charge in [-0.3, -0.25) is 10.5 Å². The van der Waals surface area contributed by atoms with E-state index in [1.165, 1.54) is 6.07 Å². The zero-order valence-corrected chi connectivity index (χ0v) is 25.6. The second-order valence-electron chi connectivity index (χ2n) is 11.9. The first kappa shape index (κ1) is 32.7. The molecule has 1 aliphatic carbocycles. The van der Waals surface area contributed by atoms with Gasteiger partial charge in [-0.05, 0) is 96.5 Å². The summed E-state index contributed by atoms with van der Waals surface area (Å²) < 4.78 is 11.3. The van der Waals surface area contributed by atoms with E-state index in [-0.39, 0.29) is 78.3 Å². The summed E-state index contributed by atoms with van der Waals surface area (Å²) in [5.74, 6) is -0.329. The zero-order chi connectivity index (χ0) is 32.6. The van der Waals surface area contributed by atoms with Crippen LogP contribution in [-0.4, -0.2) is 44.2 Å². The number of phenolic OH excluding ortho intramolecular Hbond substituents is 4. The molecule has 0 aromatic heterocycles. The quantitative estimate of drug-likeness (QED) is 0.0770. The van der Waals surface area contributed by atoms with Crippen LogP contribution in [0.2, 0.25) is 0 Å². The molecular formula is C37H41NO8. The number of Topliss-reactive ketones (excluding diaryl/α,β-unsaturated/α-hetero) is 1. The van der Waals surface area contributed by atoms with Crippen molar-refractivity contribution >= 4 is 5.78 Å². The first-order valence-electron chi connectivity index (χ1n) is 15.6.